The number of benzene rings is 2. The zero-order valence-corrected chi connectivity index (χ0v) is 15.1. The van der Waals surface area contributed by atoms with Crippen LogP contribution in [0.4, 0.5) is 17.6 Å². The van der Waals surface area contributed by atoms with Gasteiger partial charge in [-0.1, -0.05) is 30.3 Å². The van der Waals surface area contributed by atoms with Crippen molar-refractivity contribution < 1.29 is 9.47 Å². The first kappa shape index (κ1) is 18.2. The smallest absolute Gasteiger partial charge is 0.232 e. The molecule has 0 saturated carbocycles. The summed E-state index contributed by atoms with van der Waals surface area (Å²) in [6, 6.07) is 15.3. The molecule has 0 unspecified atom stereocenters. The molecule has 0 radical (unpaired) electrons. The molecule has 3 aromatic rings. The number of para-hydroxylation sites is 1. The van der Waals surface area contributed by atoms with Crippen LogP contribution in [-0.4, -0.2) is 22.1 Å². The molecule has 0 bridgehead atoms. The second kappa shape index (κ2) is 8.66. The van der Waals surface area contributed by atoms with E-state index in [0.29, 0.717) is 23.3 Å². The summed E-state index contributed by atoms with van der Waals surface area (Å²) in [7, 11) is 1.60. The Morgan fingerprint density at radius 1 is 1.07 bits per heavy atom. The maximum atomic E-state index is 5.82. The lowest BCUT2D eigenvalue weighted by Gasteiger charge is -2.12. The maximum Gasteiger partial charge on any atom is 0.232 e. The average Bonchev–Trinajstić information content (AvgIpc) is 2.67. The van der Waals surface area contributed by atoms with Gasteiger partial charge in [0, 0.05) is 5.69 Å². The van der Waals surface area contributed by atoms with Crippen molar-refractivity contribution in [3.05, 3.63) is 72.6 Å². The fourth-order valence-electron chi connectivity index (χ4n) is 2.48. The van der Waals surface area contributed by atoms with Crippen LogP contribution in [0.15, 0.2) is 61.2 Å². The van der Waals surface area contributed by atoms with Crippen LogP contribution in [0.5, 0.6) is 11.5 Å². The summed E-state index contributed by atoms with van der Waals surface area (Å²) in [5.41, 5.74) is 7.75. The number of hydrogen-bond donors (Lipinski definition) is 2. The number of hydrogen-bond acceptors (Lipinski definition) is 7. The predicted molar refractivity (Wildman–Crippen MR) is 105 cm³/mol. The number of rotatable bonds is 8. The van der Waals surface area contributed by atoms with E-state index in [0.717, 1.165) is 17.7 Å². The molecule has 3 N–H and O–H groups in total. The molecule has 0 amide bonds. The van der Waals surface area contributed by atoms with Crippen LogP contribution >= 0.6 is 0 Å². The van der Waals surface area contributed by atoms with E-state index in [-0.39, 0.29) is 12.6 Å². The van der Waals surface area contributed by atoms with E-state index in [2.05, 4.69) is 26.8 Å². The molecule has 7 heteroatoms. The van der Waals surface area contributed by atoms with Gasteiger partial charge in [-0.15, -0.1) is 6.58 Å². The van der Waals surface area contributed by atoms with Crippen molar-refractivity contribution in [1.82, 2.24) is 15.0 Å². The first-order chi connectivity index (χ1) is 13.2. The molecular formula is C20H21N5O2. The molecule has 1 aromatic heterocycles. The predicted octanol–water partition coefficient (Wildman–Crippen LogP) is 3.51. The minimum absolute atomic E-state index is 0.121. The first-order valence-corrected chi connectivity index (χ1v) is 8.41. The summed E-state index contributed by atoms with van der Waals surface area (Å²) in [5, 5.41) is 3.10. The second-order valence-electron chi connectivity index (χ2n) is 5.69. The molecule has 27 heavy (non-hydrogen) atoms. The number of anilines is 3. The third-order valence-corrected chi connectivity index (χ3v) is 3.69. The molecule has 0 fully saturated rings. The Morgan fingerprint density at radius 3 is 2.63 bits per heavy atom. The normalized spacial score (nSPS) is 10.3. The number of nitrogens with zero attached hydrogens (tertiary/aromatic N) is 3. The Kier molecular flexibility index (Phi) is 5.84. The summed E-state index contributed by atoms with van der Waals surface area (Å²) < 4.78 is 11.2. The van der Waals surface area contributed by atoms with E-state index < -0.39 is 0 Å². The van der Waals surface area contributed by atoms with Crippen LogP contribution < -0.4 is 20.5 Å². The molecule has 7 nitrogen and oxygen atoms in total. The van der Waals surface area contributed by atoms with E-state index >= 15 is 0 Å². The highest BCUT2D eigenvalue weighted by Crippen LogP contribution is 2.29. The van der Waals surface area contributed by atoms with Crippen molar-refractivity contribution in [3.63, 3.8) is 0 Å². The molecule has 3 rings (SSSR count). The van der Waals surface area contributed by atoms with Gasteiger partial charge in [-0.05, 0) is 36.2 Å². The van der Waals surface area contributed by atoms with Gasteiger partial charge in [0.1, 0.15) is 6.61 Å². The minimum atomic E-state index is 0.121. The number of nitrogens with two attached hydrogens (primary N) is 1. The summed E-state index contributed by atoms with van der Waals surface area (Å²) in [6.45, 7) is 3.88. The van der Waals surface area contributed by atoms with Gasteiger partial charge < -0.3 is 20.5 Å². The highest BCUT2D eigenvalue weighted by Gasteiger charge is 2.09. The van der Waals surface area contributed by atoms with Crippen LogP contribution in [0.25, 0.3) is 0 Å². The van der Waals surface area contributed by atoms with Crippen LogP contribution in [0, 0.1) is 0 Å². The lowest BCUT2D eigenvalue weighted by molar-refractivity contribution is 0.276. The van der Waals surface area contributed by atoms with Gasteiger partial charge in [-0.3, -0.25) is 0 Å². The molecular weight excluding hydrogens is 342 g/mol. The highest BCUT2D eigenvalue weighted by molar-refractivity contribution is 5.53. The number of aromatic nitrogens is 3. The van der Waals surface area contributed by atoms with E-state index in [1.807, 2.05) is 54.6 Å². The largest absolute Gasteiger partial charge is 0.493 e. The van der Waals surface area contributed by atoms with Crippen molar-refractivity contribution >= 4 is 17.6 Å². The maximum absolute atomic E-state index is 5.82. The third kappa shape index (κ3) is 4.94. The lowest BCUT2D eigenvalue weighted by Crippen LogP contribution is -2.09. The molecule has 1 heterocycles. The van der Waals surface area contributed by atoms with Crippen molar-refractivity contribution in [2.75, 3.05) is 18.2 Å². The average molecular weight is 363 g/mol. The number of nitrogens with one attached hydrogen (secondary N) is 1. The first-order valence-electron chi connectivity index (χ1n) is 8.41. The van der Waals surface area contributed by atoms with E-state index in [1.165, 1.54) is 0 Å². The van der Waals surface area contributed by atoms with Gasteiger partial charge in [-0.2, -0.15) is 15.0 Å². The monoisotopic (exact) mass is 363 g/mol. The summed E-state index contributed by atoms with van der Waals surface area (Å²) >= 11 is 0. The van der Waals surface area contributed by atoms with Crippen LogP contribution in [0.1, 0.15) is 11.4 Å². The van der Waals surface area contributed by atoms with E-state index in [9.17, 15) is 0 Å². The quantitative estimate of drug-likeness (QED) is 0.591. The van der Waals surface area contributed by atoms with Gasteiger partial charge in [0.25, 0.3) is 0 Å². The van der Waals surface area contributed by atoms with Crippen molar-refractivity contribution in [3.8, 4) is 11.5 Å². The molecule has 0 atom stereocenters. The van der Waals surface area contributed by atoms with Crippen molar-refractivity contribution in [2.24, 2.45) is 0 Å². The van der Waals surface area contributed by atoms with Crippen LogP contribution in [0.2, 0.25) is 0 Å². The number of methoxy groups -OCH3 is 1. The van der Waals surface area contributed by atoms with E-state index in [4.69, 9.17) is 15.2 Å². The van der Waals surface area contributed by atoms with Crippen molar-refractivity contribution in [2.45, 2.75) is 13.0 Å². The summed E-state index contributed by atoms with van der Waals surface area (Å²) in [6.07, 6.45) is 2.60. The van der Waals surface area contributed by atoms with Gasteiger partial charge in [-0.25, -0.2) is 0 Å². The molecule has 0 saturated heterocycles. The Bertz CT molecular complexity index is 916. The summed E-state index contributed by atoms with van der Waals surface area (Å²) in [5.74, 6) is 2.13. The molecule has 0 aliphatic carbocycles. The zero-order valence-electron chi connectivity index (χ0n) is 15.1. The Morgan fingerprint density at radius 2 is 1.89 bits per heavy atom. The third-order valence-electron chi connectivity index (χ3n) is 3.69. The Balaban J connectivity index is 1.73. The van der Waals surface area contributed by atoms with Gasteiger partial charge >= 0.3 is 0 Å². The van der Waals surface area contributed by atoms with Gasteiger partial charge in [0.2, 0.25) is 11.9 Å². The van der Waals surface area contributed by atoms with Crippen LogP contribution in [0.3, 0.4) is 0 Å². The molecule has 2 aromatic carbocycles. The molecule has 138 valence electrons. The minimum Gasteiger partial charge on any atom is -0.493 e. The fraction of sp³-hybridized carbons (Fsp3) is 0.150. The summed E-state index contributed by atoms with van der Waals surface area (Å²) in [4.78, 5) is 12.6. The van der Waals surface area contributed by atoms with Crippen molar-refractivity contribution in [1.29, 1.82) is 0 Å². The number of nitrogen functional groups attached to an aromatic ring is 1. The Hall–Kier alpha value is -3.61. The van der Waals surface area contributed by atoms with Gasteiger partial charge in [0.05, 0.1) is 7.11 Å². The number of allylic oxidation sites excluding steroid dienone is 1. The van der Waals surface area contributed by atoms with E-state index in [1.54, 1.807) is 7.11 Å². The standard InChI is InChI=1S/C20H21N5O2/c1-3-7-14-10-11-16(17(12-14)26-2)27-13-18-23-19(21)25-20(24-18)22-15-8-5-4-6-9-15/h3-6,8-12H,1,7,13H2,2H3,(H3,21,22,23,24,25). The molecule has 0 aliphatic rings. The van der Waals surface area contributed by atoms with Crippen LogP contribution in [-0.2, 0) is 13.0 Å². The SMILES string of the molecule is C=CCc1ccc(OCc2nc(N)nc(Nc3ccccc3)n2)c(OC)c1. The lowest BCUT2D eigenvalue weighted by atomic mass is 10.1. The van der Waals surface area contributed by atoms with Gasteiger partial charge in [0.15, 0.2) is 17.3 Å². The fourth-order valence-corrected chi connectivity index (χ4v) is 2.48. The number of ether oxygens (including phenoxy) is 2. The second-order valence-corrected chi connectivity index (χ2v) is 5.69. The molecule has 0 spiro atoms. The topological polar surface area (TPSA) is 95.2 Å². The molecule has 0 aliphatic heterocycles. The Labute approximate surface area is 157 Å². The highest BCUT2D eigenvalue weighted by atomic mass is 16.5. The zero-order chi connectivity index (χ0) is 19.1.